The maximum Gasteiger partial charge on any atom is 0.106 e. The van der Waals surface area contributed by atoms with E-state index in [0.29, 0.717) is 11.5 Å². The van der Waals surface area contributed by atoms with Crippen molar-refractivity contribution in [2.24, 2.45) is 5.73 Å². The molecule has 0 aliphatic rings. The minimum Gasteiger partial charge on any atom is -0.389 e. The normalized spacial score (nSPS) is 10.1. The van der Waals surface area contributed by atoms with Gasteiger partial charge in [-0.3, -0.25) is 4.98 Å². The lowest BCUT2D eigenvalue weighted by molar-refractivity contribution is 1.08. The van der Waals surface area contributed by atoms with Gasteiger partial charge >= 0.3 is 0 Å². The number of para-hydroxylation sites is 1. The molecule has 4 heteroatoms. The van der Waals surface area contributed by atoms with Crippen LogP contribution < -0.4 is 11.1 Å². The van der Waals surface area contributed by atoms with E-state index in [1.807, 2.05) is 36.5 Å². The summed E-state index contributed by atoms with van der Waals surface area (Å²) in [4.78, 5) is 4.53. The van der Waals surface area contributed by atoms with Gasteiger partial charge in [0.1, 0.15) is 4.99 Å². The summed E-state index contributed by atoms with van der Waals surface area (Å²) in [5, 5.41) is 3.34. The Hall–Kier alpha value is -1.94. The number of nitrogens with zero attached hydrogens (tertiary/aromatic N) is 1. The molecule has 0 radical (unpaired) electrons. The van der Waals surface area contributed by atoms with Gasteiger partial charge in [-0.2, -0.15) is 0 Å². The second-order valence-electron chi connectivity index (χ2n) is 4.07. The van der Waals surface area contributed by atoms with Crippen LogP contribution in [0.15, 0.2) is 42.7 Å². The summed E-state index contributed by atoms with van der Waals surface area (Å²) in [7, 11) is 0. The molecule has 92 valence electrons. The molecule has 18 heavy (non-hydrogen) atoms. The summed E-state index contributed by atoms with van der Waals surface area (Å²) in [5.74, 6) is 0. The molecule has 0 atom stereocenters. The predicted octanol–water partition coefficient (Wildman–Crippen LogP) is 2.64. The number of hydrogen-bond acceptors (Lipinski definition) is 3. The lowest BCUT2D eigenvalue weighted by atomic mass is 10.1. The number of benzene rings is 1. The number of anilines is 1. The van der Waals surface area contributed by atoms with Crippen molar-refractivity contribution < 1.29 is 0 Å². The third-order valence-corrected chi connectivity index (χ3v) is 3.03. The zero-order chi connectivity index (χ0) is 13.0. The van der Waals surface area contributed by atoms with Crippen molar-refractivity contribution in [1.29, 1.82) is 0 Å². The fraction of sp³-hybridized carbons (Fsp3) is 0.143. The third-order valence-electron chi connectivity index (χ3n) is 2.81. The maximum atomic E-state index is 5.69. The molecule has 1 aromatic carbocycles. The highest BCUT2D eigenvalue weighted by molar-refractivity contribution is 7.80. The maximum absolute atomic E-state index is 5.69. The second kappa shape index (κ2) is 5.60. The Morgan fingerprint density at radius 3 is 2.83 bits per heavy atom. The van der Waals surface area contributed by atoms with Crippen LogP contribution in [0.3, 0.4) is 0 Å². The minimum absolute atomic E-state index is 0.404. The fourth-order valence-corrected chi connectivity index (χ4v) is 1.90. The first kappa shape index (κ1) is 12.5. The van der Waals surface area contributed by atoms with Crippen molar-refractivity contribution in [2.45, 2.75) is 13.5 Å². The molecule has 2 rings (SSSR count). The van der Waals surface area contributed by atoms with E-state index in [9.17, 15) is 0 Å². The highest BCUT2D eigenvalue weighted by Gasteiger charge is 2.04. The Labute approximate surface area is 112 Å². The van der Waals surface area contributed by atoms with E-state index in [-0.39, 0.29) is 0 Å². The van der Waals surface area contributed by atoms with Crippen molar-refractivity contribution in [3.63, 3.8) is 0 Å². The highest BCUT2D eigenvalue weighted by Crippen LogP contribution is 2.16. The largest absolute Gasteiger partial charge is 0.389 e. The molecule has 0 saturated carbocycles. The summed E-state index contributed by atoms with van der Waals surface area (Å²) < 4.78 is 0. The molecule has 0 amide bonds. The average Bonchev–Trinajstić information content (AvgIpc) is 2.38. The van der Waals surface area contributed by atoms with E-state index in [4.69, 9.17) is 18.0 Å². The molecule has 0 bridgehead atoms. The first-order chi connectivity index (χ1) is 8.68. The molecule has 3 N–H and O–H groups in total. The summed E-state index contributed by atoms with van der Waals surface area (Å²) in [6.07, 6.45) is 3.66. The van der Waals surface area contributed by atoms with Crippen molar-refractivity contribution in [1.82, 2.24) is 4.98 Å². The number of aryl methyl sites for hydroxylation is 1. The van der Waals surface area contributed by atoms with Gasteiger partial charge in [-0.15, -0.1) is 0 Å². The summed E-state index contributed by atoms with van der Waals surface area (Å²) >= 11 is 5.03. The van der Waals surface area contributed by atoms with E-state index in [1.165, 1.54) is 5.56 Å². The van der Waals surface area contributed by atoms with Crippen LogP contribution in [0.2, 0.25) is 0 Å². The molecule has 0 aliphatic carbocycles. The Kier molecular flexibility index (Phi) is 3.89. The first-order valence-electron chi connectivity index (χ1n) is 5.70. The van der Waals surface area contributed by atoms with Gasteiger partial charge in [-0.05, 0) is 36.2 Å². The van der Waals surface area contributed by atoms with Gasteiger partial charge < -0.3 is 11.1 Å². The molecule has 0 saturated heterocycles. The lowest BCUT2D eigenvalue weighted by Gasteiger charge is -2.12. The number of thiocarbonyl (C=S) groups is 1. The summed E-state index contributed by atoms with van der Waals surface area (Å²) in [5.41, 5.74) is 9.89. The molecule has 3 nitrogen and oxygen atoms in total. The van der Waals surface area contributed by atoms with Crippen LogP contribution in [-0.4, -0.2) is 9.97 Å². The quantitative estimate of drug-likeness (QED) is 0.827. The van der Waals surface area contributed by atoms with E-state index in [1.54, 1.807) is 6.20 Å². The summed E-state index contributed by atoms with van der Waals surface area (Å²) in [6.45, 7) is 2.78. The van der Waals surface area contributed by atoms with Crippen molar-refractivity contribution >= 4 is 22.9 Å². The van der Waals surface area contributed by atoms with Crippen LogP contribution in [0.5, 0.6) is 0 Å². The molecule has 0 fully saturated rings. The van der Waals surface area contributed by atoms with Crippen LogP contribution in [0.4, 0.5) is 5.69 Å². The predicted molar refractivity (Wildman–Crippen MR) is 78.6 cm³/mol. The Bertz CT molecular complexity index is 566. The molecule has 0 spiro atoms. The first-order valence-corrected chi connectivity index (χ1v) is 6.11. The van der Waals surface area contributed by atoms with E-state index in [0.717, 1.165) is 16.8 Å². The van der Waals surface area contributed by atoms with Gasteiger partial charge in [0.2, 0.25) is 0 Å². The number of pyridine rings is 1. The highest BCUT2D eigenvalue weighted by atomic mass is 32.1. The zero-order valence-electron chi connectivity index (χ0n) is 10.2. The van der Waals surface area contributed by atoms with Gasteiger partial charge in [0.15, 0.2) is 0 Å². The molecule has 1 aromatic heterocycles. The van der Waals surface area contributed by atoms with Crippen molar-refractivity contribution in [3.8, 4) is 0 Å². The molecular weight excluding hydrogens is 242 g/mol. The zero-order valence-corrected chi connectivity index (χ0v) is 11.0. The van der Waals surface area contributed by atoms with Gasteiger partial charge in [0.25, 0.3) is 0 Å². The lowest BCUT2D eigenvalue weighted by Crippen LogP contribution is -2.13. The number of rotatable bonds is 4. The topological polar surface area (TPSA) is 50.9 Å². The van der Waals surface area contributed by atoms with Crippen LogP contribution in [0.1, 0.15) is 16.7 Å². The van der Waals surface area contributed by atoms with Crippen LogP contribution in [0, 0.1) is 6.92 Å². The van der Waals surface area contributed by atoms with Gasteiger partial charge in [-0.25, -0.2) is 0 Å². The standard InChI is InChI=1S/C14H15N3S/c1-10-6-7-16-8-11(10)9-17-13-5-3-2-4-12(13)14(15)18/h2-8,17H,9H2,1H3,(H2,15,18). The molecule has 0 aliphatic heterocycles. The second-order valence-corrected chi connectivity index (χ2v) is 4.51. The number of nitrogens with two attached hydrogens (primary N) is 1. The molecule has 2 aromatic rings. The van der Waals surface area contributed by atoms with Crippen molar-refractivity contribution in [2.75, 3.05) is 5.32 Å². The minimum atomic E-state index is 0.404. The van der Waals surface area contributed by atoms with Crippen molar-refractivity contribution in [3.05, 3.63) is 59.4 Å². The molecule has 1 heterocycles. The Morgan fingerprint density at radius 1 is 1.33 bits per heavy atom. The van der Waals surface area contributed by atoms with Crippen LogP contribution >= 0.6 is 12.2 Å². The number of aromatic nitrogens is 1. The van der Waals surface area contributed by atoms with Crippen LogP contribution in [-0.2, 0) is 6.54 Å². The van der Waals surface area contributed by atoms with Gasteiger partial charge in [0.05, 0.1) is 0 Å². The number of nitrogens with one attached hydrogen (secondary N) is 1. The Balaban J connectivity index is 2.16. The van der Waals surface area contributed by atoms with E-state index < -0.39 is 0 Å². The summed E-state index contributed by atoms with van der Waals surface area (Å²) in [6, 6.07) is 9.77. The smallest absolute Gasteiger partial charge is 0.106 e. The van der Waals surface area contributed by atoms with E-state index in [2.05, 4.69) is 17.2 Å². The number of hydrogen-bond donors (Lipinski definition) is 2. The van der Waals surface area contributed by atoms with Gasteiger partial charge in [-0.1, -0.05) is 24.4 Å². The van der Waals surface area contributed by atoms with Crippen LogP contribution in [0.25, 0.3) is 0 Å². The van der Waals surface area contributed by atoms with E-state index >= 15 is 0 Å². The molecule has 0 unspecified atom stereocenters. The monoisotopic (exact) mass is 257 g/mol. The average molecular weight is 257 g/mol. The fourth-order valence-electron chi connectivity index (χ4n) is 1.72. The third kappa shape index (κ3) is 2.84. The SMILES string of the molecule is Cc1ccncc1CNc1ccccc1C(N)=S. The Morgan fingerprint density at radius 2 is 2.11 bits per heavy atom. The molecular formula is C14H15N3S. The van der Waals surface area contributed by atoms with Gasteiger partial charge in [0, 0.05) is 30.2 Å².